The quantitative estimate of drug-likeness (QED) is 0.848. The van der Waals surface area contributed by atoms with Crippen LogP contribution in [0.2, 0.25) is 0 Å². The van der Waals surface area contributed by atoms with Gasteiger partial charge in [-0.25, -0.2) is 0 Å². The highest BCUT2D eigenvalue weighted by atomic mass is 16.3. The SMILES string of the molecule is Cc1cc(C)cc(/C=C/C(=O)Nc2cnccc2CO)c1. The number of aromatic nitrogens is 1. The van der Waals surface area contributed by atoms with E-state index < -0.39 is 0 Å². The number of rotatable bonds is 4. The van der Waals surface area contributed by atoms with Crippen molar-refractivity contribution in [1.29, 1.82) is 0 Å². The number of benzene rings is 1. The fourth-order valence-corrected chi connectivity index (χ4v) is 2.13. The van der Waals surface area contributed by atoms with Crippen molar-refractivity contribution in [3.05, 3.63) is 65.0 Å². The third-order valence-corrected chi connectivity index (χ3v) is 3.01. The molecule has 0 aliphatic carbocycles. The number of aliphatic hydroxyl groups is 1. The first kappa shape index (κ1) is 14.9. The Labute approximate surface area is 124 Å². The predicted molar refractivity (Wildman–Crippen MR) is 83.7 cm³/mol. The van der Waals surface area contributed by atoms with Gasteiger partial charge in [0.25, 0.3) is 0 Å². The standard InChI is InChI=1S/C17H18N2O2/c1-12-7-13(2)9-14(8-12)3-4-17(21)19-16-10-18-6-5-15(16)11-20/h3-10,20H,11H2,1-2H3,(H,19,21)/b4-3+. The Hall–Kier alpha value is -2.46. The number of pyridine rings is 1. The maximum absolute atomic E-state index is 11.9. The van der Waals surface area contributed by atoms with Crippen molar-refractivity contribution in [3.8, 4) is 0 Å². The third kappa shape index (κ3) is 4.26. The van der Waals surface area contributed by atoms with E-state index >= 15 is 0 Å². The molecule has 0 fully saturated rings. The molecule has 0 saturated carbocycles. The van der Waals surface area contributed by atoms with Crippen LogP contribution < -0.4 is 5.32 Å². The molecule has 2 N–H and O–H groups in total. The summed E-state index contributed by atoms with van der Waals surface area (Å²) in [6.45, 7) is 3.90. The Morgan fingerprint density at radius 3 is 2.67 bits per heavy atom. The van der Waals surface area contributed by atoms with Crippen molar-refractivity contribution < 1.29 is 9.90 Å². The Kier molecular flexibility index (Phi) is 4.85. The van der Waals surface area contributed by atoms with Gasteiger partial charge in [0.2, 0.25) is 5.91 Å². The first-order chi connectivity index (χ1) is 10.1. The molecule has 1 aromatic carbocycles. The molecule has 0 atom stereocenters. The molecule has 0 saturated heterocycles. The maximum atomic E-state index is 11.9. The molecule has 0 unspecified atom stereocenters. The number of nitrogens with zero attached hydrogens (tertiary/aromatic N) is 1. The summed E-state index contributed by atoms with van der Waals surface area (Å²) in [6.07, 6.45) is 6.34. The lowest BCUT2D eigenvalue weighted by Gasteiger charge is -2.06. The molecule has 108 valence electrons. The van der Waals surface area contributed by atoms with Crippen molar-refractivity contribution in [2.75, 3.05) is 5.32 Å². The predicted octanol–water partition coefficient (Wildman–Crippen LogP) is 2.84. The van der Waals surface area contributed by atoms with Crippen molar-refractivity contribution >= 4 is 17.7 Å². The zero-order chi connectivity index (χ0) is 15.2. The lowest BCUT2D eigenvalue weighted by Crippen LogP contribution is -2.10. The number of carbonyl (C=O) groups excluding carboxylic acids is 1. The van der Waals surface area contributed by atoms with Crippen LogP contribution in [0.25, 0.3) is 6.08 Å². The molecule has 2 rings (SSSR count). The number of aliphatic hydroxyl groups excluding tert-OH is 1. The van der Waals surface area contributed by atoms with E-state index in [0.717, 1.165) is 16.7 Å². The lowest BCUT2D eigenvalue weighted by atomic mass is 10.1. The normalized spacial score (nSPS) is 10.8. The molecular formula is C17H18N2O2. The number of hydrogen-bond donors (Lipinski definition) is 2. The van der Waals surface area contributed by atoms with E-state index in [-0.39, 0.29) is 12.5 Å². The highest BCUT2D eigenvalue weighted by molar-refractivity contribution is 6.02. The van der Waals surface area contributed by atoms with Gasteiger partial charge >= 0.3 is 0 Å². The van der Waals surface area contributed by atoms with Crippen molar-refractivity contribution in [2.24, 2.45) is 0 Å². The molecule has 0 aliphatic rings. The van der Waals surface area contributed by atoms with Crippen LogP contribution in [0.5, 0.6) is 0 Å². The van der Waals surface area contributed by atoms with E-state index in [1.54, 1.807) is 18.3 Å². The summed E-state index contributed by atoms with van der Waals surface area (Å²) >= 11 is 0. The van der Waals surface area contributed by atoms with Crippen molar-refractivity contribution in [1.82, 2.24) is 4.98 Å². The molecule has 0 spiro atoms. The van der Waals surface area contributed by atoms with E-state index in [0.29, 0.717) is 11.3 Å². The number of hydrogen-bond acceptors (Lipinski definition) is 3. The van der Waals surface area contributed by atoms with Crippen LogP contribution in [-0.2, 0) is 11.4 Å². The third-order valence-electron chi connectivity index (χ3n) is 3.01. The summed E-state index contributed by atoms with van der Waals surface area (Å²) in [5.41, 5.74) is 4.46. The van der Waals surface area contributed by atoms with Crippen LogP contribution in [-0.4, -0.2) is 16.0 Å². The fraction of sp³-hybridized carbons (Fsp3) is 0.176. The second kappa shape index (κ2) is 6.81. The van der Waals surface area contributed by atoms with Gasteiger partial charge in [-0.05, 0) is 31.6 Å². The monoisotopic (exact) mass is 282 g/mol. The van der Waals surface area contributed by atoms with Crippen molar-refractivity contribution in [2.45, 2.75) is 20.5 Å². The highest BCUT2D eigenvalue weighted by Crippen LogP contribution is 2.14. The molecule has 4 nitrogen and oxygen atoms in total. The molecule has 1 amide bonds. The summed E-state index contributed by atoms with van der Waals surface area (Å²) in [6, 6.07) is 7.78. The van der Waals surface area contributed by atoms with Crippen LogP contribution in [0.3, 0.4) is 0 Å². The fourth-order valence-electron chi connectivity index (χ4n) is 2.13. The van der Waals surface area contributed by atoms with Crippen LogP contribution in [0.15, 0.2) is 42.7 Å². The summed E-state index contributed by atoms with van der Waals surface area (Å²) in [5.74, 6) is -0.253. The number of amides is 1. The molecule has 2 aromatic rings. The Balaban J connectivity index is 2.09. The van der Waals surface area contributed by atoms with E-state index in [4.69, 9.17) is 0 Å². The summed E-state index contributed by atoms with van der Waals surface area (Å²) < 4.78 is 0. The zero-order valence-corrected chi connectivity index (χ0v) is 12.1. The summed E-state index contributed by atoms with van der Waals surface area (Å²) in [5, 5.41) is 11.9. The van der Waals surface area contributed by atoms with Gasteiger partial charge in [0.1, 0.15) is 0 Å². The van der Waals surface area contributed by atoms with Gasteiger partial charge in [0.15, 0.2) is 0 Å². The van der Waals surface area contributed by atoms with Crippen LogP contribution in [0.4, 0.5) is 5.69 Å². The second-order valence-electron chi connectivity index (χ2n) is 4.93. The molecule has 0 radical (unpaired) electrons. The van der Waals surface area contributed by atoms with Gasteiger partial charge in [0.05, 0.1) is 18.5 Å². The molecule has 0 bridgehead atoms. The Morgan fingerprint density at radius 1 is 1.29 bits per heavy atom. The summed E-state index contributed by atoms with van der Waals surface area (Å²) in [7, 11) is 0. The molecular weight excluding hydrogens is 264 g/mol. The average molecular weight is 282 g/mol. The number of aryl methyl sites for hydroxylation is 2. The smallest absolute Gasteiger partial charge is 0.248 e. The largest absolute Gasteiger partial charge is 0.392 e. The number of carbonyl (C=O) groups is 1. The van der Waals surface area contributed by atoms with Gasteiger partial charge in [-0.2, -0.15) is 0 Å². The highest BCUT2D eigenvalue weighted by Gasteiger charge is 2.03. The van der Waals surface area contributed by atoms with Gasteiger partial charge in [-0.3, -0.25) is 9.78 Å². The van der Waals surface area contributed by atoms with Gasteiger partial charge in [0, 0.05) is 17.8 Å². The van der Waals surface area contributed by atoms with Crippen LogP contribution in [0.1, 0.15) is 22.3 Å². The van der Waals surface area contributed by atoms with Gasteiger partial charge in [-0.1, -0.05) is 29.3 Å². The van der Waals surface area contributed by atoms with E-state index in [1.807, 2.05) is 26.0 Å². The lowest BCUT2D eigenvalue weighted by molar-refractivity contribution is -0.111. The topological polar surface area (TPSA) is 62.2 Å². The average Bonchev–Trinajstić information content (AvgIpc) is 2.45. The van der Waals surface area contributed by atoms with Gasteiger partial charge < -0.3 is 10.4 Å². The molecule has 1 heterocycles. The second-order valence-corrected chi connectivity index (χ2v) is 4.93. The van der Waals surface area contributed by atoms with E-state index in [1.165, 1.54) is 12.3 Å². The molecule has 0 aliphatic heterocycles. The number of nitrogens with one attached hydrogen (secondary N) is 1. The Morgan fingerprint density at radius 2 is 2.00 bits per heavy atom. The van der Waals surface area contributed by atoms with E-state index in [2.05, 4.69) is 16.4 Å². The minimum atomic E-state index is -0.253. The minimum Gasteiger partial charge on any atom is -0.392 e. The first-order valence-electron chi connectivity index (χ1n) is 6.69. The summed E-state index contributed by atoms with van der Waals surface area (Å²) in [4.78, 5) is 15.9. The molecule has 1 aromatic heterocycles. The Bertz CT molecular complexity index is 658. The van der Waals surface area contributed by atoms with Crippen LogP contribution in [0, 0.1) is 13.8 Å². The number of anilines is 1. The van der Waals surface area contributed by atoms with Gasteiger partial charge in [-0.15, -0.1) is 0 Å². The minimum absolute atomic E-state index is 0.140. The van der Waals surface area contributed by atoms with E-state index in [9.17, 15) is 9.90 Å². The first-order valence-corrected chi connectivity index (χ1v) is 6.69. The molecule has 4 heteroatoms. The van der Waals surface area contributed by atoms with Crippen LogP contribution >= 0.6 is 0 Å². The molecule has 21 heavy (non-hydrogen) atoms. The van der Waals surface area contributed by atoms with Crippen molar-refractivity contribution in [3.63, 3.8) is 0 Å². The maximum Gasteiger partial charge on any atom is 0.248 e. The zero-order valence-electron chi connectivity index (χ0n) is 12.1.